The van der Waals surface area contributed by atoms with E-state index in [9.17, 15) is 4.79 Å². The fourth-order valence-electron chi connectivity index (χ4n) is 2.12. The minimum absolute atomic E-state index is 0.208. The molecule has 0 fully saturated rings. The highest BCUT2D eigenvalue weighted by Gasteiger charge is 2.18. The van der Waals surface area contributed by atoms with Crippen molar-refractivity contribution >= 4 is 12.4 Å². The summed E-state index contributed by atoms with van der Waals surface area (Å²) in [5, 5.41) is 0. The third-order valence-electron chi connectivity index (χ3n) is 3.19. The lowest BCUT2D eigenvalue weighted by molar-refractivity contribution is -0.105. The van der Waals surface area contributed by atoms with Crippen LogP contribution in [0.15, 0.2) is 54.1 Å². The van der Waals surface area contributed by atoms with E-state index in [4.69, 9.17) is 9.47 Å². The van der Waals surface area contributed by atoms with Gasteiger partial charge in [0.1, 0.15) is 29.6 Å². The molecule has 0 radical (unpaired) electrons. The van der Waals surface area contributed by atoms with E-state index in [2.05, 4.69) is 0 Å². The molecule has 20 heavy (non-hydrogen) atoms. The molecule has 0 spiro atoms. The van der Waals surface area contributed by atoms with Crippen LogP contribution in [0.25, 0.3) is 6.08 Å². The molecule has 0 aliphatic carbocycles. The molecular weight excluding hydrogens is 252 g/mol. The number of carbonyl (C=O) groups is 1. The van der Waals surface area contributed by atoms with Crippen molar-refractivity contribution < 1.29 is 14.3 Å². The zero-order chi connectivity index (χ0) is 13.9. The van der Waals surface area contributed by atoms with Crippen molar-refractivity contribution in [1.82, 2.24) is 0 Å². The van der Waals surface area contributed by atoms with Crippen molar-refractivity contribution in [2.45, 2.75) is 13.0 Å². The van der Waals surface area contributed by atoms with Crippen LogP contribution in [0.2, 0.25) is 0 Å². The second-order valence-corrected chi connectivity index (χ2v) is 4.64. The van der Waals surface area contributed by atoms with Crippen molar-refractivity contribution in [3.63, 3.8) is 0 Å². The Labute approximate surface area is 117 Å². The van der Waals surface area contributed by atoms with Crippen LogP contribution in [0.1, 0.15) is 12.5 Å². The first-order valence-electron chi connectivity index (χ1n) is 6.46. The number of aldehydes is 1. The van der Waals surface area contributed by atoms with Gasteiger partial charge in [-0.1, -0.05) is 18.2 Å². The Hall–Kier alpha value is -2.55. The summed E-state index contributed by atoms with van der Waals surface area (Å²) in [6, 6.07) is 15.2. The van der Waals surface area contributed by atoms with Gasteiger partial charge in [0, 0.05) is 11.1 Å². The lowest BCUT2D eigenvalue weighted by atomic mass is 10.0. The molecule has 1 heterocycles. The van der Waals surface area contributed by atoms with Crippen LogP contribution >= 0.6 is 0 Å². The summed E-state index contributed by atoms with van der Waals surface area (Å²) in [5.74, 6) is 2.26. The first-order chi connectivity index (χ1) is 9.76. The van der Waals surface area contributed by atoms with Crippen LogP contribution in [-0.2, 0) is 4.79 Å². The van der Waals surface area contributed by atoms with E-state index in [0.29, 0.717) is 5.57 Å². The number of fused-ring (bicyclic) bond motifs is 1. The van der Waals surface area contributed by atoms with E-state index in [1.807, 2.05) is 61.5 Å². The number of hydrogen-bond acceptors (Lipinski definition) is 3. The van der Waals surface area contributed by atoms with Crippen LogP contribution < -0.4 is 9.47 Å². The molecule has 3 rings (SSSR count). The maximum Gasteiger partial charge on any atom is 0.149 e. The Balaban J connectivity index is 1.91. The molecule has 100 valence electrons. The molecule has 0 saturated carbocycles. The van der Waals surface area contributed by atoms with E-state index in [1.165, 1.54) is 0 Å². The van der Waals surface area contributed by atoms with Gasteiger partial charge in [0.05, 0.1) is 0 Å². The molecule has 3 heteroatoms. The smallest absolute Gasteiger partial charge is 0.149 e. The highest BCUT2D eigenvalue weighted by molar-refractivity contribution is 5.85. The van der Waals surface area contributed by atoms with Crippen molar-refractivity contribution in [1.29, 1.82) is 0 Å². The minimum Gasteiger partial charge on any atom is -0.485 e. The molecule has 1 atom stereocenters. The number of para-hydroxylation sites is 1. The monoisotopic (exact) mass is 266 g/mol. The Morgan fingerprint density at radius 1 is 1.10 bits per heavy atom. The predicted molar refractivity (Wildman–Crippen MR) is 77.1 cm³/mol. The van der Waals surface area contributed by atoms with Crippen molar-refractivity contribution in [2.75, 3.05) is 0 Å². The number of benzene rings is 2. The van der Waals surface area contributed by atoms with Gasteiger partial charge in [-0.15, -0.1) is 0 Å². The number of rotatable bonds is 3. The molecule has 0 bridgehead atoms. The lowest BCUT2D eigenvalue weighted by Gasteiger charge is -2.22. The van der Waals surface area contributed by atoms with E-state index in [1.54, 1.807) is 0 Å². The van der Waals surface area contributed by atoms with Crippen LogP contribution in [0.4, 0.5) is 0 Å². The van der Waals surface area contributed by atoms with Crippen molar-refractivity contribution in [3.05, 3.63) is 59.7 Å². The molecule has 0 amide bonds. The first kappa shape index (κ1) is 12.5. The van der Waals surface area contributed by atoms with Crippen LogP contribution in [0.5, 0.6) is 17.2 Å². The third kappa shape index (κ3) is 2.43. The summed E-state index contributed by atoms with van der Waals surface area (Å²) >= 11 is 0. The summed E-state index contributed by atoms with van der Waals surface area (Å²) in [4.78, 5) is 11.0. The fraction of sp³-hybridized carbons (Fsp3) is 0.118. The summed E-state index contributed by atoms with van der Waals surface area (Å²) < 4.78 is 11.5. The van der Waals surface area contributed by atoms with E-state index < -0.39 is 0 Å². The van der Waals surface area contributed by atoms with Crippen LogP contribution in [-0.4, -0.2) is 12.4 Å². The molecule has 1 aliphatic rings. The summed E-state index contributed by atoms with van der Waals surface area (Å²) in [6.07, 6.45) is 2.47. The summed E-state index contributed by atoms with van der Waals surface area (Å²) in [5.41, 5.74) is 1.49. The number of hydrogen-bond donors (Lipinski definition) is 0. The van der Waals surface area contributed by atoms with Gasteiger partial charge < -0.3 is 9.47 Å². The normalized spacial score (nSPS) is 16.6. The first-order valence-corrected chi connectivity index (χ1v) is 6.46. The van der Waals surface area contributed by atoms with E-state index in [0.717, 1.165) is 29.1 Å². The molecule has 2 aromatic rings. The van der Waals surface area contributed by atoms with Gasteiger partial charge in [0.2, 0.25) is 0 Å². The predicted octanol–water partition coefficient (Wildman–Crippen LogP) is 3.84. The molecule has 0 aromatic heterocycles. The highest BCUT2D eigenvalue weighted by Crippen LogP contribution is 2.33. The molecule has 3 nitrogen and oxygen atoms in total. The lowest BCUT2D eigenvalue weighted by Crippen LogP contribution is -2.19. The largest absolute Gasteiger partial charge is 0.485 e. The zero-order valence-electron chi connectivity index (χ0n) is 11.1. The van der Waals surface area contributed by atoms with E-state index >= 15 is 0 Å². The quantitative estimate of drug-likeness (QED) is 0.792. The Kier molecular flexibility index (Phi) is 3.25. The third-order valence-corrected chi connectivity index (χ3v) is 3.19. The van der Waals surface area contributed by atoms with Gasteiger partial charge in [-0.25, -0.2) is 0 Å². The molecular formula is C17H14O3. The summed E-state index contributed by atoms with van der Waals surface area (Å²) in [6.45, 7) is 1.86. The minimum atomic E-state index is -0.208. The van der Waals surface area contributed by atoms with Gasteiger partial charge in [0.25, 0.3) is 0 Å². The molecule has 2 aromatic carbocycles. The molecule has 0 N–H and O–H groups in total. The van der Waals surface area contributed by atoms with Crippen LogP contribution in [0.3, 0.4) is 0 Å². The maximum atomic E-state index is 11.0. The van der Waals surface area contributed by atoms with Gasteiger partial charge in [-0.2, -0.15) is 0 Å². The van der Waals surface area contributed by atoms with Crippen molar-refractivity contribution in [2.24, 2.45) is 0 Å². The Morgan fingerprint density at radius 2 is 1.90 bits per heavy atom. The van der Waals surface area contributed by atoms with Gasteiger partial charge in [-0.05, 0) is 43.3 Å². The standard InChI is InChI=1S/C17H14O3/c1-12-14(11-18)9-13-10-16(7-8-17(13)19-12)20-15-5-3-2-4-6-15/h2-12H,1H3/t12-/m1/s1. The Morgan fingerprint density at radius 3 is 2.65 bits per heavy atom. The Bertz CT molecular complexity index is 659. The number of carbonyl (C=O) groups excluding carboxylic acids is 1. The van der Waals surface area contributed by atoms with Crippen molar-refractivity contribution in [3.8, 4) is 17.2 Å². The molecule has 1 aliphatic heterocycles. The number of ether oxygens (including phenoxy) is 2. The zero-order valence-corrected chi connectivity index (χ0v) is 11.1. The second kappa shape index (κ2) is 5.21. The SMILES string of the molecule is C[C@H]1Oc2ccc(Oc3ccccc3)cc2C=C1C=O. The van der Waals surface area contributed by atoms with Gasteiger partial charge >= 0.3 is 0 Å². The molecule has 0 saturated heterocycles. The topological polar surface area (TPSA) is 35.5 Å². The van der Waals surface area contributed by atoms with Crippen LogP contribution in [0, 0.1) is 0 Å². The maximum absolute atomic E-state index is 11.0. The molecule has 0 unspecified atom stereocenters. The summed E-state index contributed by atoms with van der Waals surface area (Å²) in [7, 11) is 0. The fourth-order valence-corrected chi connectivity index (χ4v) is 2.12. The average Bonchev–Trinajstić information content (AvgIpc) is 2.48. The average molecular weight is 266 g/mol. The van der Waals surface area contributed by atoms with E-state index in [-0.39, 0.29) is 6.10 Å². The highest BCUT2D eigenvalue weighted by atomic mass is 16.5. The second-order valence-electron chi connectivity index (χ2n) is 4.64. The van der Waals surface area contributed by atoms with Gasteiger partial charge in [-0.3, -0.25) is 4.79 Å². The van der Waals surface area contributed by atoms with Gasteiger partial charge in [0.15, 0.2) is 0 Å².